The Hall–Kier alpha value is -2.06. The van der Waals surface area contributed by atoms with Gasteiger partial charge in [0.05, 0.1) is 31.1 Å². The number of nitrogens with zero attached hydrogens (tertiary/aromatic N) is 1. The molecule has 7 nitrogen and oxygen atoms in total. The van der Waals surface area contributed by atoms with Crippen LogP contribution in [0.2, 0.25) is 0 Å². The van der Waals surface area contributed by atoms with Gasteiger partial charge in [-0.25, -0.2) is 13.1 Å². The number of ether oxygens (including phenoxy) is 2. The van der Waals surface area contributed by atoms with Crippen molar-refractivity contribution >= 4 is 10.0 Å². The number of hydrogen-bond acceptors (Lipinski definition) is 5. The molecule has 0 bridgehead atoms. The van der Waals surface area contributed by atoms with E-state index < -0.39 is 15.6 Å². The molecular weight excluding hydrogens is 330 g/mol. The second-order valence-corrected chi connectivity index (χ2v) is 7.68. The Morgan fingerprint density at radius 2 is 1.75 bits per heavy atom. The molecule has 1 aromatic carbocycles. The van der Waals surface area contributed by atoms with Gasteiger partial charge in [0.15, 0.2) is 11.5 Å². The minimum absolute atomic E-state index is 0.177. The van der Waals surface area contributed by atoms with Gasteiger partial charge in [0.25, 0.3) is 0 Å². The summed E-state index contributed by atoms with van der Waals surface area (Å²) < 4.78 is 38.8. The summed E-state index contributed by atoms with van der Waals surface area (Å²) in [6.07, 6.45) is 0. The average molecular weight is 353 g/mol. The summed E-state index contributed by atoms with van der Waals surface area (Å²) >= 11 is 0. The molecule has 0 fully saturated rings. The standard InChI is InChI=1S/C16H23N3O4S/c1-10-15(11(2)18-17-10)24(20,21)19-16(3,4)12-7-8-13(22-5)14(9-12)23-6/h7-9,19H,1-6H3,(H,17,18). The summed E-state index contributed by atoms with van der Waals surface area (Å²) in [7, 11) is -0.645. The molecule has 24 heavy (non-hydrogen) atoms. The van der Waals surface area contributed by atoms with Crippen LogP contribution in [0.5, 0.6) is 11.5 Å². The van der Waals surface area contributed by atoms with Crippen molar-refractivity contribution < 1.29 is 17.9 Å². The van der Waals surface area contributed by atoms with Crippen LogP contribution < -0.4 is 14.2 Å². The van der Waals surface area contributed by atoms with Crippen LogP contribution in [0.3, 0.4) is 0 Å². The number of hydrogen-bond donors (Lipinski definition) is 2. The van der Waals surface area contributed by atoms with Crippen molar-refractivity contribution in [2.75, 3.05) is 14.2 Å². The maximum atomic E-state index is 12.8. The lowest BCUT2D eigenvalue weighted by Gasteiger charge is -2.27. The molecule has 0 atom stereocenters. The molecule has 0 amide bonds. The maximum Gasteiger partial charge on any atom is 0.245 e. The third-order valence-electron chi connectivity index (χ3n) is 3.82. The highest BCUT2D eigenvalue weighted by molar-refractivity contribution is 7.89. The molecule has 1 heterocycles. The van der Waals surface area contributed by atoms with Gasteiger partial charge in [0, 0.05) is 0 Å². The molecule has 0 spiro atoms. The Balaban J connectivity index is 2.41. The van der Waals surface area contributed by atoms with Crippen LogP contribution in [-0.2, 0) is 15.6 Å². The smallest absolute Gasteiger partial charge is 0.245 e. The van der Waals surface area contributed by atoms with Crippen LogP contribution in [0.4, 0.5) is 0 Å². The summed E-state index contributed by atoms with van der Waals surface area (Å²) in [5, 5.41) is 6.65. The molecule has 1 aromatic heterocycles. The minimum Gasteiger partial charge on any atom is -0.493 e. The Morgan fingerprint density at radius 1 is 1.12 bits per heavy atom. The first-order valence-electron chi connectivity index (χ1n) is 7.40. The van der Waals surface area contributed by atoms with Gasteiger partial charge >= 0.3 is 0 Å². The van der Waals surface area contributed by atoms with E-state index >= 15 is 0 Å². The Bertz CT molecular complexity index is 822. The highest BCUT2D eigenvalue weighted by atomic mass is 32.2. The van der Waals surface area contributed by atoms with Gasteiger partial charge in [-0.05, 0) is 45.4 Å². The number of aromatic nitrogens is 2. The van der Waals surface area contributed by atoms with Crippen LogP contribution in [0.15, 0.2) is 23.1 Å². The third kappa shape index (κ3) is 3.39. The Morgan fingerprint density at radius 3 is 2.25 bits per heavy atom. The third-order valence-corrected chi connectivity index (χ3v) is 5.74. The minimum atomic E-state index is -3.74. The Kier molecular flexibility index (Phi) is 4.91. The van der Waals surface area contributed by atoms with E-state index in [1.165, 1.54) is 7.11 Å². The van der Waals surface area contributed by atoms with E-state index in [1.807, 2.05) is 0 Å². The first kappa shape index (κ1) is 18.3. The van der Waals surface area contributed by atoms with Crippen LogP contribution >= 0.6 is 0 Å². The van der Waals surface area contributed by atoms with Gasteiger partial charge < -0.3 is 9.47 Å². The molecular formula is C16H23N3O4S. The highest BCUT2D eigenvalue weighted by Crippen LogP contribution is 2.33. The first-order valence-corrected chi connectivity index (χ1v) is 8.88. The average Bonchev–Trinajstić information content (AvgIpc) is 2.85. The molecule has 2 aromatic rings. The van der Waals surface area contributed by atoms with Gasteiger partial charge in [0.2, 0.25) is 10.0 Å². The van der Waals surface area contributed by atoms with Crippen LogP contribution in [0.25, 0.3) is 0 Å². The molecule has 0 aliphatic carbocycles. The van der Waals surface area contributed by atoms with Crippen LogP contribution in [0, 0.1) is 13.8 Å². The lowest BCUT2D eigenvalue weighted by atomic mass is 9.95. The fourth-order valence-electron chi connectivity index (χ4n) is 2.61. The van der Waals surface area contributed by atoms with Crippen molar-refractivity contribution in [3.63, 3.8) is 0 Å². The molecule has 0 radical (unpaired) electrons. The number of aromatic amines is 1. The lowest BCUT2D eigenvalue weighted by Crippen LogP contribution is -2.41. The molecule has 0 aliphatic rings. The van der Waals surface area contributed by atoms with E-state index in [0.29, 0.717) is 22.9 Å². The maximum absolute atomic E-state index is 12.8. The molecule has 132 valence electrons. The topological polar surface area (TPSA) is 93.3 Å². The monoisotopic (exact) mass is 353 g/mol. The Labute approximate surface area is 142 Å². The van der Waals surface area contributed by atoms with Crippen molar-refractivity contribution in [1.29, 1.82) is 0 Å². The number of H-pyrrole nitrogens is 1. The summed E-state index contributed by atoms with van der Waals surface area (Å²) in [4.78, 5) is 0.177. The fourth-order valence-corrected chi connectivity index (χ4v) is 4.38. The van der Waals surface area contributed by atoms with E-state index in [4.69, 9.17) is 9.47 Å². The van der Waals surface area contributed by atoms with Gasteiger partial charge in [-0.3, -0.25) is 5.10 Å². The van der Waals surface area contributed by atoms with E-state index in [0.717, 1.165) is 5.56 Å². The molecule has 0 unspecified atom stereocenters. The normalized spacial score (nSPS) is 12.2. The predicted octanol–water partition coefficient (Wildman–Crippen LogP) is 2.26. The zero-order chi connectivity index (χ0) is 18.1. The molecule has 0 saturated carbocycles. The number of sulfonamides is 1. The largest absolute Gasteiger partial charge is 0.493 e. The fraction of sp³-hybridized carbons (Fsp3) is 0.438. The predicted molar refractivity (Wildman–Crippen MR) is 91.0 cm³/mol. The number of rotatable bonds is 6. The second kappa shape index (κ2) is 6.45. The number of benzene rings is 1. The zero-order valence-electron chi connectivity index (χ0n) is 14.7. The van der Waals surface area contributed by atoms with E-state index in [2.05, 4.69) is 14.9 Å². The van der Waals surface area contributed by atoms with Crippen molar-refractivity contribution in [2.24, 2.45) is 0 Å². The summed E-state index contributed by atoms with van der Waals surface area (Å²) in [6, 6.07) is 5.31. The van der Waals surface area contributed by atoms with Gasteiger partial charge in [-0.1, -0.05) is 6.07 Å². The SMILES string of the molecule is COc1ccc(C(C)(C)NS(=O)(=O)c2c(C)n[nH]c2C)cc1OC. The van der Waals surface area contributed by atoms with E-state index in [9.17, 15) is 8.42 Å². The van der Waals surface area contributed by atoms with Crippen LogP contribution in [0.1, 0.15) is 30.8 Å². The lowest BCUT2D eigenvalue weighted by molar-refractivity contribution is 0.352. The summed E-state index contributed by atoms with van der Waals surface area (Å²) in [6.45, 7) is 6.91. The van der Waals surface area contributed by atoms with Gasteiger partial charge in [0.1, 0.15) is 4.90 Å². The van der Waals surface area contributed by atoms with Crippen molar-refractivity contribution in [2.45, 2.75) is 38.1 Å². The first-order chi connectivity index (χ1) is 11.1. The molecule has 8 heteroatoms. The molecule has 0 aliphatic heterocycles. The zero-order valence-corrected chi connectivity index (χ0v) is 15.5. The van der Waals surface area contributed by atoms with Crippen molar-refractivity contribution in [3.05, 3.63) is 35.2 Å². The molecule has 2 rings (SSSR count). The highest BCUT2D eigenvalue weighted by Gasteiger charge is 2.31. The molecule has 0 saturated heterocycles. The molecule has 2 N–H and O–H groups in total. The summed E-state index contributed by atoms with van der Waals surface area (Å²) in [5.74, 6) is 1.12. The van der Waals surface area contributed by atoms with Gasteiger partial charge in [-0.2, -0.15) is 5.10 Å². The number of methoxy groups -OCH3 is 2. The summed E-state index contributed by atoms with van der Waals surface area (Å²) in [5.41, 5.74) is 0.836. The quantitative estimate of drug-likeness (QED) is 0.831. The van der Waals surface area contributed by atoms with Crippen molar-refractivity contribution in [3.8, 4) is 11.5 Å². The number of aryl methyl sites for hydroxylation is 2. The van der Waals surface area contributed by atoms with Gasteiger partial charge in [-0.15, -0.1) is 0 Å². The van der Waals surface area contributed by atoms with E-state index in [1.54, 1.807) is 53.0 Å². The van der Waals surface area contributed by atoms with Crippen LogP contribution in [-0.4, -0.2) is 32.8 Å². The number of nitrogens with one attached hydrogen (secondary N) is 2. The second-order valence-electron chi connectivity index (χ2n) is 6.06. The van der Waals surface area contributed by atoms with Crippen molar-refractivity contribution in [1.82, 2.24) is 14.9 Å². The van der Waals surface area contributed by atoms with E-state index in [-0.39, 0.29) is 4.90 Å².